The maximum absolute atomic E-state index is 12.6. The molecule has 2 aromatic carbocycles. The third-order valence-electron chi connectivity index (χ3n) is 6.82. The minimum absolute atomic E-state index is 0.0629. The molecule has 33 heavy (non-hydrogen) atoms. The summed E-state index contributed by atoms with van der Waals surface area (Å²) in [5.74, 6) is 0.172. The Kier molecular flexibility index (Phi) is 6.29. The first kappa shape index (κ1) is 21.5. The summed E-state index contributed by atoms with van der Waals surface area (Å²) in [6.45, 7) is 2.15. The zero-order valence-electron chi connectivity index (χ0n) is 19.1. The largest absolute Gasteiger partial charge is 0.352 e. The lowest BCUT2D eigenvalue weighted by atomic mass is 9.98. The van der Waals surface area contributed by atoms with Gasteiger partial charge >= 0.3 is 0 Å². The molecule has 0 unspecified atom stereocenters. The Hall–Kier alpha value is -3.34. The highest BCUT2D eigenvalue weighted by molar-refractivity contribution is 5.94. The number of carbonyl (C=O) groups is 2. The second-order valence-corrected chi connectivity index (χ2v) is 9.05. The third-order valence-corrected chi connectivity index (χ3v) is 6.82. The number of benzene rings is 2. The van der Waals surface area contributed by atoms with Crippen molar-refractivity contribution in [1.82, 2.24) is 14.8 Å². The van der Waals surface area contributed by atoms with Crippen LogP contribution in [-0.4, -0.2) is 40.9 Å². The summed E-state index contributed by atoms with van der Waals surface area (Å²) < 4.78 is 2.37. The molecule has 0 atom stereocenters. The van der Waals surface area contributed by atoms with Crippen LogP contribution in [0.15, 0.2) is 60.7 Å². The molecule has 1 N–H and O–H groups in total. The van der Waals surface area contributed by atoms with Crippen LogP contribution in [0.25, 0.3) is 16.9 Å². The molecule has 0 saturated carbocycles. The van der Waals surface area contributed by atoms with Crippen LogP contribution in [0, 0.1) is 0 Å². The predicted molar refractivity (Wildman–Crippen MR) is 131 cm³/mol. The smallest absolute Gasteiger partial charge is 0.251 e. The van der Waals surface area contributed by atoms with Crippen LogP contribution in [0.5, 0.6) is 0 Å². The number of aryl methyl sites for hydroxylation is 1. The fraction of sp³-hybridized carbons (Fsp3) is 0.357. The Labute approximate surface area is 195 Å². The lowest BCUT2D eigenvalue weighted by Gasteiger charge is -2.18. The molecule has 0 spiro atoms. The topological polar surface area (TPSA) is 54.3 Å². The van der Waals surface area contributed by atoms with E-state index in [1.807, 2.05) is 23.1 Å². The summed E-state index contributed by atoms with van der Waals surface area (Å²) in [6.07, 6.45) is 7.08. The molecular weight excluding hydrogens is 410 g/mol. The van der Waals surface area contributed by atoms with Crippen LogP contribution >= 0.6 is 0 Å². The molecule has 170 valence electrons. The second kappa shape index (κ2) is 9.65. The van der Waals surface area contributed by atoms with Gasteiger partial charge < -0.3 is 14.8 Å². The van der Waals surface area contributed by atoms with Gasteiger partial charge in [-0.3, -0.25) is 9.59 Å². The van der Waals surface area contributed by atoms with Crippen molar-refractivity contribution in [2.75, 3.05) is 19.6 Å². The second-order valence-electron chi connectivity index (χ2n) is 9.05. The number of carbonyl (C=O) groups excluding carboxylic acids is 2. The van der Waals surface area contributed by atoms with Crippen molar-refractivity contribution in [3.05, 3.63) is 77.5 Å². The predicted octanol–water partition coefficient (Wildman–Crippen LogP) is 4.77. The highest BCUT2D eigenvalue weighted by atomic mass is 16.2. The molecule has 5 heteroatoms. The van der Waals surface area contributed by atoms with Crippen molar-refractivity contribution in [2.24, 2.45) is 0 Å². The Balaban J connectivity index is 1.30. The first-order chi connectivity index (χ1) is 16.2. The average molecular weight is 442 g/mol. The van der Waals surface area contributed by atoms with Crippen LogP contribution in [0.1, 0.15) is 53.7 Å². The fourth-order valence-electron chi connectivity index (χ4n) is 5.09. The Morgan fingerprint density at radius 2 is 1.70 bits per heavy atom. The third kappa shape index (κ3) is 4.58. The number of hydrogen-bond donors (Lipinski definition) is 1. The van der Waals surface area contributed by atoms with Crippen LogP contribution in [0.2, 0.25) is 0 Å². The SMILES string of the molecule is O=C(NCCCN1CCCC1=O)c1ccc(-n2c(-c3ccccc3)cc3c2CCCC3)cc1. The molecule has 1 saturated heterocycles. The number of aromatic nitrogens is 1. The van der Waals surface area contributed by atoms with Crippen LogP contribution in [0.4, 0.5) is 0 Å². The number of likely N-dealkylation sites (tertiary alicyclic amines) is 1. The van der Waals surface area contributed by atoms with Gasteiger partial charge in [-0.05, 0) is 80.0 Å². The van der Waals surface area contributed by atoms with Crippen molar-refractivity contribution < 1.29 is 9.59 Å². The molecule has 1 aliphatic carbocycles. The molecular formula is C28H31N3O2. The number of hydrogen-bond acceptors (Lipinski definition) is 2. The Bertz CT molecular complexity index is 1130. The van der Waals surface area contributed by atoms with Gasteiger partial charge in [0.1, 0.15) is 0 Å². The van der Waals surface area contributed by atoms with Crippen molar-refractivity contribution in [2.45, 2.75) is 44.9 Å². The summed E-state index contributed by atoms with van der Waals surface area (Å²) in [5, 5.41) is 3.00. The van der Waals surface area contributed by atoms with Crippen molar-refractivity contribution in [3.8, 4) is 16.9 Å². The van der Waals surface area contributed by atoms with Gasteiger partial charge in [0.2, 0.25) is 5.91 Å². The summed E-state index contributed by atoms with van der Waals surface area (Å²) in [6, 6.07) is 20.8. The van der Waals surface area contributed by atoms with Gasteiger partial charge in [0.25, 0.3) is 5.91 Å². The maximum Gasteiger partial charge on any atom is 0.251 e. The van der Waals surface area contributed by atoms with Gasteiger partial charge in [0.05, 0.1) is 5.69 Å². The first-order valence-electron chi connectivity index (χ1n) is 12.2. The molecule has 5 rings (SSSR count). The van der Waals surface area contributed by atoms with E-state index in [-0.39, 0.29) is 11.8 Å². The zero-order chi connectivity index (χ0) is 22.6. The minimum Gasteiger partial charge on any atom is -0.352 e. The van der Waals surface area contributed by atoms with E-state index in [9.17, 15) is 9.59 Å². The van der Waals surface area contributed by atoms with Crippen molar-refractivity contribution in [1.29, 1.82) is 0 Å². The molecule has 0 bridgehead atoms. The summed E-state index contributed by atoms with van der Waals surface area (Å²) >= 11 is 0. The van der Waals surface area contributed by atoms with E-state index in [0.29, 0.717) is 18.5 Å². The molecule has 1 aliphatic heterocycles. The number of fused-ring (bicyclic) bond motifs is 1. The molecule has 2 aliphatic rings. The molecule has 1 aromatic heterocycles. The van der Waals surface area contributed by atoms with E-state index >= 15 is 0 Å². The summed E-state index contributed by atoms with van der Waals surface area (Å²) in [5.41, 5.74) is 7.04. The Morgan fingerprint density at radius 1 is 0.909 bits per heavy atom. The summed E-state index contributed by atoms with van der Waals surface area (Å²) in [4.78, 5) is 26.2. The van der Waals surface area contributed by atoms with Gasteiger partial charge in [0.15, 0.2) is 0 Å². The van der Waals surface area contributed by atoms with Crippen molar-refractivity contribution >= 4 is 11.8 Å². The molecule has 5 nitrogen and oxygen atoms in total. The van der Waals surface area contributed by atoms with Gasteiger partial charge in [-0.25, -0.2) is 0 Å². The standard InChI is InChI=1S/C28H31N3O2/c32-27-12-6-18-30(27)19-7-17-29-28(33)22-13-15-24(16-14-22)31-25-11-5-4-10-23(25)20-26(31)21-8-2-1-3-9-21/h1-3,8-9,13-16,20H,4-7,10-12,17-19H2,(H,29,33). The summed E-state index contributed by atoms with van der Waals surface area (Å²) in [7, 11) is 0. The van der Waals surface area contributed by atoms with Gasteiger partial charge in [-0.15, -0.1) is 0 Å². The van der Waals surface area contributed by atoms with E-state index in [2.05, 4.69) is 52.3 Å². The number of rotatable bonds is 7. The van der Waals surface area contributed by atoms with E-state index < -0.39 is 0 Å². The van der Waals surface area contributed by atoms with E-state index in [4.69, 9.17) is 0 Å². The number of amides is 2. The van der Waals surface area contributed by atoms with Crippen molar-refractivity contribution in [3.63, 3.8) is 0 Å². The average Bonchev–Trinajstić information content (AvgIpc) is 3.45. The highest BCUT2D eigenvalue weighted by Crippen LogP contribution is 2.33. The van der Waals surface area contributed by atoms with Gasteiger partial charge in [-0.1, -0.05) is 30.3 Å². The zero-order valence-corrected chi connectivity index (χ0v) is 19.1. The molecule has 0 radical (unpaired) electrons. The van der Waals surface area contributed by atoms with Gasteiger partial charge in [0, 0.05) is 43.0 Å². The van der Waals surface area contributed by atoms with Crippen LogP contribution in [0.3, 0.4) is 0 Å². The first-order valence-corrected chi connectivity index (χ1v) is 12.2. The fourth-order valence-corrected chi connectivity index (χ4v) is 5.09. The Morgan fingerprint density at radius 3 is 2.45 bits per heavy atom. The maximum atomic E-state index is 12.6. The van der Waals surface area contributed by atoms with Gasteiger partial charge in [-0.2, -0.15) is 0 Å². The number of nitrogens with one attached hydrogen (secondary N) is 1. The lowest BCUT2D eigenvalue weighted by Crippen LogP contribution is -2.30. The quantitative estimate of drug-likeness (QED) is 0.537. The van der Waals surface area contributed by atoms with Crippen LogP contribution in [-0.2, 0) is 17.6 Å². The van der Waals surface area contributed by atoms with E-state index in [1.54, 1.807) is 0 Å². The lowest BCUT2D eigenvalue weighted by molar-refractivity contribution is -0.127. The normalized spacial score (nSPS) is 15.5. The monoisotopic (exact) mass is 441 g/mol. The minimum atomic E-state index is -0.0629. The molecule has 2 heterocycles. The number of nitrogens with zero attached hydrogens (tertiary/aromatic N) is 2. The van der Waals surface area contributed by atoms with E-state index in [1.165, 1.54) is 35.4 Å². The molecule has 1 fully saturated rings. The molecule has 3 aromatic rings. The van der Waals surface area contributed by atoms with Crippen LogP contribution < -0.4 is 5.32 Å². The highest BCUT2D eigenvalue weighted by Gasteiger charge is 2.21. The molecule has 2 amide bonds. The van der Waals surface area contributed by atoms with E-state index in [0.717, 1.165) is 44.5 Å².